The van der Waals surface area contributed by atoms with Gasteiger partial charge in [-0.3, -0.25) is 4.79 Å². The molecule has 1 aromatic carbocycles. The number of carbonyl (C=O) groups excluding carboxylic acids is 1. The largest absolute Gasteiger partial charge is 0.376 e. The molecule has 2 N–H and O–H groups in total. The first-order chi connectivity index (χ1) is 11.6. The third kappa shape index (κ3) is 4.01. The summed E-state index contributed by atoms with van der Waals surface area (Å²) in [5, 5.41) is 6.61. The Hall–Kier alpha value is -2.18. The third-order valence-electron chi connectivity index (χ3n) is 3.94. The maximum atomic E-state index is 12.1. The van der Waals surface area contributed by atoms with Gasteiger partial charge >= 0.3 is 0 Å². The number of anilines is 2. The van der Waals surface area contributed by atoms with Gasteiger partial charge in [0.2, 0.25) is 5.95 Å². The Labute approximate surface area is 145 Å². The molecule has 1 aromatic heterocycles. The van der Waals surface area contributed by atoms with E-state index in [-0.39, 0.29) is 12.0 Å². The van der Waals surface area contributed by atoms with Crippen LogP contribution in [-0.2, 0) is 4.74 Å². The van der Waals surface area contributed by atoms with E-state index >= 15 is 0 Å². The van der Waals surface area contributed by atoms with Crippen molar-refractivity contribution in [3.8, 4) is 0 Å². The summed E-state index contributed by atoms with van der Waals surface area (Å²) < 4.78 is 5.48. The van der Waals surface area contributed by atoms with E-state index in [0.29, 0.717) is 23.1 Å². The van der Waals surface area contributed by atoms with Crippen molar-refractivity contribution in [1.29, 1.82) is 0 Å². The van der Waals surface area contributed by atoms with E-state index in [1.807, 2.05) is 25.1 Å². The van der Waals surface area contributed by atoms with Crippen molar-refractivity contribution >= 4 is 29.1 Å². The van der Waals surface area contributed by atoms with E-state index in [1.165, 1.54) is 12.4 Å². The topological polar surface area (TPSA) is 76.1 Å². The second kappa shape index (κ2) is 7.59. The molecule has 1 atom stereocenters. The quantitative estimate of drug-likeness (QED) is 0.870. The monoisotopic (exact) mass is 346 g/mol. The summed E-state index contributed by atoms with van der Waals surface area (Å²) in [4.78, 5) is 20.5. The number of nitrogens with zero attached hydrogens (tertiary/aromatic N) is 2. The number of aromatic nitrogens is 2. The fourth-order valence-corrected chi connectivity index (χ4v) is 2.66. The van der Waals surface area contributed by atoms with Gasteiger partial charge in [-0.2, -0.15) is 0 Å². The summed E-state index contributed by atoms with van der Waals surface area (Å²) in [5.74, 6) is 0.215. The van der Waals surface area contributed by atoms with Gasteiger partial charge in [-0.1, -0.05) is 17.7 Å². The summed E-state index contributed by atoms with van der Waals surface area (Å²) in [5.41, 5.74) is 2.17. The van der Waals surface area contributed by atoms with Crippen LogP contribution in [0.2, 0.25) is 5.02 Å². The smallest absolute Gasteiger partial charge is 0.254 e. The van der Waals surface area contributed by atoms with Gasteiger partial charge in [0.1, 0.15) is 0 Å². The predicted octanol–water partition coefficient (Wildman–Crippen LogP) is 3.09. The summed E-state index contributed by atoms with van der Waals surface area (Å²) in [6.07, 6.45) is 5.15. The van der Waals surface area contributed by atoms with E-state index in [9.17, 15) is 4.79 Å². The molecule has 3 rings (SSSR count). The van der Waals surface area contributed by atoms with Gasteiger partial charge in [-0.05, 0) is 37.5 Å². The first kappa shape index (κ1) is 16.7. The molecule has 24 heavy (non-hydrogen) atoms. The maximum Gasteiger partial charge on any atom is 0.254 e. The van der Waals surface area contributed by atoms with Crippen LogP contribution in [0, 0.1) is 6.92 Å². The summed E-state index contributed by atoms with van der Waals surface area (Å²) in [6.45, 7) is 3.20. The maximum absolute atomic E-state index is 12.1. The standard InChI is InChI=1S/C17H19ClN4O2/c1-11-14(18)5-2-6-15(11)22-17-20-8-12(9-21-17)16(23)19-10-13-4-3-7-24-13/h2,5-6,8-9,13H,3-4,7,10H2,1H3,(H,19,23)(H,20,21,22). The molecule has 6 nitrogen and oxygen atoms in total. The van der Waals surface area contributed by atoms with Crippen molar-refractivity contribution < 1.29 is 9.53 Å². The van der Waals surface area contributed by atoms with Crippen LogP contribution in [0.15, 0.2) is 30.6 Å². The molecule has 2 aromatic rings. The lowest BCUT2D eigenvalue weighted by molar-refractivity contribution is 0.0857. The van der Waals surface area contributed by atoms with Gasteiger partial charge in [0.05, 0.1) is 11.7 Å². The molecule has 0 spiro atoms. The summed E-state index contributed by atoms with van der Waals surface area (Å²) in [6, 6.07) is 5.57. The molecule has 1 aliphatic heterocycles. The van der Waals surface area contributed by atoms with Crippen LogP contribution in [0.5, 0.6) is 0 Å². The number of hydrogen-bond acceptors (Lipinski definition) is 5. The minimum absolute atomic E-state index is 0.113. The van der Waals surface area contributed by atoms with Crippen LogP contribution in [-0.4, -0.2) is 35.1 Å². The van der Waals surface area contributed by atoms with Crippen LogP contribution < -0.4 is 10.6 Å². The first-order valence-corrected chi connectivity index (χ1v) is 8.25. The van der Waals surface area contributed by atoms with Gasteiger partial charge in [0.15, 0.2) is 0 Å². The molecule has 1 saturated heterocycles. The van der Waals surface area contributed by atoms with E-state index in [0.717, 1.165) is 30.7 Å². The zero-order valence-electron chi connectivity index (χ0n) is 13.4. The lowest BCUT2D eigenvalue weighted by Crippen LogP contribution is -2.31. The Bertz CT molecular complexity index is 715. The Morgan fingerprint density at radius 3 is 2.88 bits per heavy atom. The molecular weight excluding hydrogens is 328 g/mol. The van der Waals surface area contributed by atoms with Crippen molar-refractivity contribution in [3.63, 3.8) is 0 Å². The molecule has 0 saturated carbocycles. The Morgan fingerprint density at radius 2 is 2.17 bits per heavy atom. The number of rotatable bonds is 5. The zero-order chi connectivity index (χ0) is 16.9. The van der Waals surface area contributed by atoms with Crippen LogP contribution in [0.4, 0.5) is 11.6 Å². The van der Waals surface area contributed by atoms with Crippen molar-refractivity contribution in [2.75, 3.05) is 18.5 Å². The molecule has 1 unspecified atom stereocenters. The van der Waals surface area contributed by atoms with Crippen LogP contribution in [0.3, 0.4) is 0 Å². The first-order valence-electron chi connectivity index (χ1n) is 7.87. The van der Waals surface area contributed by atoms with Gasteiger partial charge in [-0.25, -0.2) is 9.97 Å². The van der Waals surface area contributed by atoms with E-state index in [1.54, 1.807) is 0 Å². The highest BCUT2D eigenvalue weighted by Crippen LogP contribution is 2.24. The average molecular weight is 347 g/mol. The van der Waals surface area contributed by atoms with Gasteiger partial charge < -0.3 is 15.4 Å². The fraction of sp³-hybridized carbons (Fsp3) is 0.353. The molecule has 0 radical (unpaired) electrons. The third-order valence-corrected chi connectivity index (χ3v) is 4.35. The van der Waals surface area contributed by atoms with Gasteiger partial charge in [0.25, 0.3) is 5.91 Å². The van der Waals surface area contributed by atoms with Crippen molar-refractivity contribution in [3.05, 3.63) is 46.7 Å². The minimum atomic E-state index is -0.198. The molecule has 0 bridgehead atoms. The number of nitrogens with one attached hydrogen (secondary N) is 2. The number of carbonyl (C=O) groups is 1. The average Bonchev–Trinajstić information content (AvgIpc) is 3.11. The second-order valence-corrected chi connectivity index (χ2v) is 6.08. The predicted molar refractivity (Wildman–Crippen MR) is 92.8 cm³/mol. The number of halogens is 1. The van der Waals surface area contributed by atoms with E-state index in [2.05, 4.69) is 20.6 Å². The lowest BCUT2D eigenvalue weighted by atomic mass is 10.2. The lowest BCUT2D eigenvalue weighted by Gasteiger charge is -2.11. The van der Waals surface area contributed by atoms with Crippen LogP contribution in [0.25, 0.3) is 0 Å². The number of benzene rings is 1. The van der Waals surface area contributed by atoms with Crippen LogP contribution >= 0.6 is 11.6 Å². The fourth-order valence-electron chi connectivity index (χ4n) is 2.49. The van der Waals surface area contributed by atoms with Gasteiger partial charge in [-0.15, -0.1) is 0 Å². The van der Waals surface area contributed by atoms with Crippen molar-refractivity contribution in [1.82, 2.24) is 15.3 Å². The molecule has 7 heteroatoms. The highest BCUT2D eigenvalue weighted by atomic mass is 35.5. The number of amides is 1. The Morgan fingerprint density at radius 1 is 1.38 bits per heavy atom. The Balaban J connectivity index is 1.60. The normalized spacial score (nSPS) is 16.8. The van der Waals surface area contributed by atoms with E-state index in [4.69, 9.17) is 16.3 Å². The Kier molecular flexibility index (Phi) is 5.27. The van der Waals surface area contributed by atoms with Crippen molar-refractivity contribution in [2.24, 2.45) is 0 Å². The highest BCUT2D eigenvalue weighted by molar-refractivity contribution is 6.31. The highest BCUT2D eigenvalue weighted by Gasteiger charge is 2.17. The van der Waals surface area contributed by atoms with Gasteiger partial charge in [0, 0.05) is 36.3 Å². The number of hydrogen-bond donors (Lipinski definition) is 2. The van der Waals surface area contributed by atoms with E-state index < -0.39 is 0 Å². The SMILES string of the molecule is Cc1c(Cl)cccc1Nc1ncc(C(=O)NCC2CCCO2)cn1. The molecule has 1 fully saturated rings. The molecule has 2 heterocycles. The molecule has 126 valence electrons. The minimum Gasteiger partial charge on any atom is -0.376 e. The molecule has 1 amide bonds. The summed E-state index contributed by atoms with van der Waals surface area (Å²) >= 11 is 6.09. The van der Waals surface area contributed by atoms with Crippen LogP contribution in [0.1, 0.15) is 28.8 Å². The van der Waals surface area contributed by atoms with Crippen molar-refractivity contribution in [2.45, 2.75) is 25.9 Å². The number of ether oxygens (including phenoxy) is 1. The summed E-state index contributed by atoms with van der Waals surface area (Å²) in [7, 11) is 0. The molecular formula is C17H19ClN4O2. The molecule has 0 aliphatic carbocycles. The molecule has 1 aliphatic rings. The zero-order valence-corrected chi connectivity index (χ0v) is 14.1. The second-order valence-electron chi connectivity index (χ2n) is 5.68.